The van der Waals surface area contributed by atoms with Crippen LogP contribution in [-0.4, -0.2) is 10.1 Å². The van der Waals surface area contributed by atoms with E-state index < -0.39 is 6.10 Å². The quantitative estimate of drug-likeness (QED) is 0.827. The topological polar surface area (TPSA) is 46.3 Å². The highest BCUT2D eigenvalue weighted by Crippen LogP contribution is 2.27. The molecule has 1 N–H and O–H groups in total. The number of oxazole rings is 1. The zero-order valence-corrected chi connectivity index (χ0v) is 8.84. The van der Waals surface area contributed by atoms with Gasteiger partial charge in [-0.25, -0.2) is 4.98 Å². The summed E-state index contributed by atoms with van der Waals surface area (Å²) in [6.45, 7) is 3.70. The summed E-state index contributed by atoms with van der Waals surface area (Å²) in [5.41, 5.74) is 0.575. The molecule has 2 rings (SSSR count). The summed E-state index contributed by atoms with van der Waals surface area (Å²) in [7, 11) is 0. The molecule has 0 aliphatic heterocycles. The van der Waals surface area contributed by atoms with E-state index in [0.717, 1.165) is 4.88 Å². The molecule has 0 bridgehead atoms. The number of aromatic nitrogens is 1. The third kappa shape index (κ3) is 1.71. The Kier molecular flexibility index (Phi) is 2.39. The Bertz CT molecular complexity index is 431. The second-order valence-electron chi connectivity index (χ2n) is 3.16. The number of nitrogens with zero attached hydrogens (tertiary/aromatic N) is 1. The van der Waals surface area contributed by atoms with Crippen molar-refractivity contribution in [1.82, 2.24) is 4.98 Å². The summed E-state index contributed by atoms with van der Waals surface area (Å²) in [5, 5.41) is 9.27. The summed E-state index contributed by atoms with van der Waals surface area (Å²) in [4.78, 5) is 6.40. The van der Waals surface area contributed by atoms with Gasteiger partial charge in [0.25, 0.3) is 0 Å². The van der Waals surface area contributed by atoms with Gasteiger partial charge < -0.3 is 9.52 Å². The molecule has 2 aromatic rings. The zero-order chi connectivity index (χ0) is 10.1. The molecule has 4 heteroatoms. The van der Waals surface area contributed by atoms with E-state index in [9.17, 15) is 5.11 Å². The predicted molar refractivity (Wildman–Crippen MR) is 55.2 cm³/mol. The number of thiophene rings is 1. The summed E-state index contributed by atoms with van der Waals surface area (Å²) >= 11 is 1.63. The van der Waals surface area contributed by atoms with Crippen LogP contribution in [0.15, 0.2) is 22.8 Å². The minimum atomic E-state index is -0.575. The predicted octanol–water partition coefficient (Wildman–Crippen LogP) is 2.76. The van der Waals surface area contributed by atoms with Gasteiger partial charge in [-0.15, -0.1) is 11.3 Å². The normalized spacial score (nSPS) is 13.1. The van der Waals surface area contributed by atoms with Crippen LogP contribution in [0.3, 0.4) is 0 Å². The molecule has 0 saturated carbocycles. The smallest absolute Gasteiger partial charge is 0.236 e. The molecule has 0 aliphatic carbocycles. The number of hydrogen-bond donors (Lipinski definition) is 1. The minimum absolute atomic E-state index is 0.575. The third-order valence-electron chi connectivity index (χ3n) is 1.90. The standard InChI is InChI=1S/C10H11NO2S/c1-6-3-4-9(14-6)10-11-8(5-13-10)7(2)12/h3-5,7,12H,1-2H3. The number of aliphatic hydroxyl groups is 1. The summed E-state index contributed by atoms with van der Waals surface area (Å²) in [5.74, 6) is 0.582. The Morgan fingerprint density at radius 3 is 2.79 bits per heavy atom. The number of hydrogen-bond acceptors (Lipinski definition) is 4. The van der Waals surface area contributed by atoms with Gasteiger partial charge in [0, 0.05) is 4.88 Å². The van der Waals surface area contributed by atoms with Gasteiger partial charge in [-0.05, 0) is 26.0 Å². The van der Waals surface area contributed by atoms with Crippen LogP contribution in [0.4, 0.5) is 0 Å². The highest BCUT2D eigenvalue weighted by atomic mass is 32.1. The van der Waals surface area contributed by atoms with E-state index in [-0.39, 0.29) is 0 Å². The molecule has 1 atom stereocenters. The molecule has 14 heavy (non-hydrogen) atoms. The summed E-state index contributed by atoms with van der Waals surface area (Å²) in [6, 6.07) is 3.99. The van der Waals surface area contributed by atoms with Crippen LogP contribution in [0.2, 0.25) is 0 Å². The highest BCUT2D eigenvalue weighted by Gasteiger charge is 2.11. The molecule has 0 aliphatic rings. The highest BCUT2D eigenvalue weighted by molar-refractivity contribution is 7.15. The fraction of sp³-hybridized carbons (Fsp3) is 0.300. The van der Waals surface area contributed by atoms with Crippen LogP contribution in [0.1, 0.15) is 23.6 Å². The Morgan fingerprint density at radius 2 is 2.29 bits per heavy atom. The van der Waals surface area contributed by atoms with Crippen LogP contribution in [0.5, 0.6) is 0 Å². The van der Waals surface area contributed by atoms with E-state index in [2.05, 4.69) is 4.98 Å². The summed E-state index contributed by atoms with van der Waals surface area (Å²) < 4.78 is 5.26. The molecule has 0 saturated heterocycles. The van der Waals surface area contributed by atoms with E-state index >= 15 is 0 Å². The fourth-order valence-corrected chi connectivity index (χ4v) is 1.94. The lowest BCUT2D eigenvalue weighted by molar-refractivity contribution is 0.194. The monoisotopic (exact) mass is 209 g/mol. The first-order chi connectivity index (χ1) is 6.66. The molecule has 0 amide bonds. The van der Waals surface area contributed by atoms with E-state index in [1.54, 1.807) is 18.3 Å². The number of aryl methyl sites for hydroxylation is 1. The van der Waals surface area contributed by atoms with Crippen molar-refractivity contribution in [3.63, 3.8) is 0 Å². The first kappa shape index (κ1) is 9.43. The Labute approximate surface area is 86.0 Å². The van der Waals surface area contributed by atoms with Crippen molar-refractivity contribution >= 4 is 11.3 Å². The molecule has 2 aromatic heterocycles. The van der Waals surface area contributed by atoms with E-state index in [1.165, 1.54) is 11.1 Å². The minimum Gasteiger partial charge on any atom is -0.443 e. The molecule has 74 valence electrons. The van der Waals surface area contributed by atoms with Crippen molar-refractivity contribution in [2.45, 2.75) is 20.0 Å². The fourth-order valence-electron chi connectivity index (χ4n) is 1.14. The second kappa shape index (κ2) is 3.55. The molecule has 0 radical (unpaired) electrons. The van der Waals surface area contributed by atoms with Crippen molar-refractivity contribution < 1.29 is 9.52 Å². The average Bonchev–Trinajstić information content (AvgIpc) is 2.70. The van der Waals surface area contributed by atoms with Gasteiger partial charge in [-0.2, -0.15) is 0 Å². The number of aliphatic hydroxyl groups excluding tert-OH is 1. The molecule has 0 fully saturated rings. The van der Waals surface area contributed by atoms with Gasteiger partial charge in [-0.1, -0.05) is 0 Å². The van der Waals surface area contributed by atoms with Crippen LogP contribution in [-0.2, 0) is 0 Å². The third-order valence-corrected chi connectivity index (χ3v) is 2.89. The maximum absolute atomic E-state index is 9.27. The van der Waals surface area contributed by atoms with Gasteiger partial charge >= 0.3 is 0 Å². The SMILES string of the molecule is Cc1ccc(-c2nc(C(C)O)co2)s1. The lowest BCUT2D eigenvalue weighted by atomic mass is 10.3. The average molecular weight is 209 g/mol. The van der Waals surface area contributed by atoms with E-state index in [1.807, 2.05) is 19.1 Å². The van der Waals surface area contributed by atoms with Gasteiger partial charge in [0.1, 0.15) is 12.0 Å². The maximum Gasteiger partial charge on any atom is 0.236 e. The molecule has 2 heterocycles. The van der Waals surface area contributed by atoms with Crippen molar-refractivity contribution in [3.8, 4) is 10.8 Å². The zero-order valence-electron chi connectivity index (χ0n) is 8.02. The summed E-state index contributed by atoms with van der Waals surface area (Å²) in [6.07, 6.45) is 0.920. The Morgan fingerprint density at radius 1 is 1.50 bits per heavy atom. The lowest BCUT2D eigenvalue weighted by Gasteiger charge is -1.93. The first-order valence-electron chi connectivity index (χ1n) is 4.37. The Balaban J connectivity index is 2.33. The van der Waals surface area contributed by atoms with Crippen LogP contribution in [0, 0.1) is 6.92 Å². The maximum atomic E-state index is 9.27. The van der Waals surface area contributed by atoms with Crippen LogP contribution >= 0.6 is 11.3 Å². The number of rotatable bonds is 2. The van der Waals surface area contributed by atoms with Crippen molar-refractivity contribution in [1.29, 1.82) is 0 Å². The molecular formula is C10H11NO2S. The Hall–Kier alpha value is -1.13. The molecular weight excluding hydrogens is 198 g/mol. The van der Waals surface area contributed by atoms with Crippen molar-refractivity contribution in [2.24, 2.45) is 0 Å². The second-order valence-corrected chi connectivity index (χ2v) is 4.45. The molecule has 0 aromatic carbocycles. The van der Waals surface area contributed by atoms with E-state index in [4.69, 9.17) is 4.42 Å². The van der Waals surface area contributed by atoms with Gasteiger partial charge in [-0.3, -0.25) is 0 Å². The first-order valence-corrected chi connectivity index (χ1v) is 5.19. The van der Waals surface area contributed by atoms with Gasteiger partial charge in [0.2, 0.25) is 5.89 Å². The van der Waals surface area contributed by atoms with Gasteiger partial charge in [0.05, 0.1) is 11.0 Å². The molecule has 1 unspecified atom stereocenters. The van der Waals surface area contributed by atoms with E-state index in [0.29, 0.717) is 11.6 Å². The lowest BCUT2D eigenvalue weighted by Crippen LogP contribution is -1.89. The van der Waals surface area contributed by atoms with Crippen LogP contribution < -0.4 is 0 Å². The van der Waals surface area contributed by atoms with Crippen molar-refractivity contribution in [2.75, 3.05) is 0 Å². The van der Waals surface area contributed by atoms with Crippen molar-refractivity contribution in [3.05, 3.63) is 29.0 Å². The largest absolute Gasteiger partial charge is 0.443 e. The molecule has 0 spiro atoms. The van der Waals surface area contributed by atoms with Crippen LogP contribution in [0.25, 0.3) is 10.8 Å². The molecule has 3 nitrogen and oxygen atoms in total. The van der Waals surface area contributed by atoms with Gasteiger partial charge in [0.15, 0.2) is 0 Å².